The number of amides is 2. The molecule has 0 aliphatic carbocycles. The number of ether oxygens (including phenoxy) is 1. The van der Waals surface area contributed by atoms with E-state index in [9.17, 15) is 14.4 Å². The molecule has 0 bridgehead atoms. The van der Waals surface area contributed by atoms with Gasteiger partial charge in [-0.05, 0) is 56.2 Å². The highest BCUT2D eigenvalue weighted by atomic mass is 16.5. The highest BCUT2D eigenvalue weighted by Crippen LogP contribution is 2.19. The van der Waals surface area contributed by atoms with Crippen molar-refractivity contribution < 1.29 is 19.1 Å². The predicted octanol–water partition coefficient (Wildman–Crippen LogP) is 2.67. The molecular weight excluding hydrogens is 370 g/mol. The fourth-order valence-corrected chi connectivity index (χ4v) is 2.68. The molecule has 7 heteroatoms. The van der Waals surface area contributed by atoms with Crippen molar-refractivity contribution in [2.45, 2.75) is 26.9 Å². The third kappa shape index (κ3) is 6.07. The predicted molar refractivity (Wildman–Crippen MR) is 113 cm³/mol. The zero-order chi connectivity index (χ0) is 21.6. The van der Waals surface area contributed by atoms with Crippen LogP contribution in [0.5, 0.6) is 0 Å². The molecule has 1 atom stereocenters. The van der Waals surface area contributed by atoms with Crippen molar-refractivity contribution >= 4 is 29.2 Å². The van der Waals surface area contributed by atoms with Gasteiger partial charge in [-0.2, -0.15) is 0 Å². The summed E-state index contributed by atoms with van der Waals surface area (Å²) >= 11 is 0. The Hall–Kier alpha value is -3.35. The van der Waals surface area contributed by atoms with Crippen LogP contribution in [0.15, 0.2) is 42.5 Å². The lowest BCUT2D eigenvalue weighted by atomic mass is 10.1. The lowest BCUT2D eigenvalue weighted by Gasteiger charge is -2.15. The number of nitrogens with zero attached hydrogens (tertiary/aromatic N) is 1. The molecule has 0 radical (unpaired) electrons. The lowest BCUT2D eigenvalue weighted by Crippen LogP contribution is -2.40. The van der Waals surface area contributed by atoms with Crippen LogP contribution < -0.4 is 15.5 Å². The Bertz CT molecular complexity index is 871. The van der Waals surface area contributed by atoms with Crippen molar-refractivity contribution in [1.82, 2.24) is 5.32 Å². The maximum absolute atomic E-state index is 12.2. The van der Waals surface area contributed by atoms with Gasteiger partial charge < -0.3 is 20.3 Å². The summed E-state index contributed by atoms with van der Waals surface area (Å²) in [5.41, 5.74) is 3.90. The Labute approximate surface area is 171 Å². The largest absolute Gasteiger partial charge is 0.449 e. The van der Waals surface area contributed by atoms with E-state index in [1.165, 1.54) is 6.92 Å². The summed E-state index contributed by atoms with van der Waals surface area (Å²) in [6.07, 6.45) is -1.02. The minimum Gasteiger partial charge on any atom is -0.449 e. The number of benzene rings is 2. The number of hydrogen-bond donors (Lipinski definition) is 2. The average molecular weight is 397 g/mol. The Morgan fingerprint density at radius 3 is 2.14 bits per heavy atom. The van der Waals surface area contributed by atoms with E-state index in [-0.39, 0.29) is 12.5 Å². The number of esters is 1. The standard InChI is InChI=1S/C22H27N3O4/c1-14-7-6-8-15(2)20(14)24-19(26)13-23-21(27)16(3)29-22(28)17-9-11-18(12-10-17)25(4)5/h6-12,16H,13H2,1-5H3,(H,23,27)(H,24,26). The van der Waals surface area contributed by atoms with E-state index in [1.54, 1.807) is 24.3 Å². The highest BCUT2D eigenvalue weighted by Gasteiger charge is 2.19. The summed E-state index contributed by atoms with van der Waals surface area (Å²) in [4.78, 5) is 38.4. The first-order valence-corrected chi connectivity index (χ1v) is 9.31. The second-order valence-corrected chi connectivity index (χ2v) is 7.02. The molecule has 0 aliphatic heterocycles. The van der Waals surface area contributed by atoms with E-state index in [2.05, 4.69) is 10.6 Å². The van der Waals surface area contributed by atoms with Crippen LogP contribution in [0.25, 0.3) is 0 Å². The number of carbonyl (C=O) groups excluding carboxylic acids is 3. The molecule has 154 valence electrons. The van der Waals surface area contributed by atoms with Crippen molar-refractivity contribution in [3.8, 4) is 0 Å². The van der Waals surface area contributed by atoms with Crippen LogP contribution in [0, 0.1) is 13.8 Å². The first kappa shape index (κ1) is 21.9. The average Bonchev–Trinajstić information content (AvgIpc) is 2.69. The summed E-state index contributed by atoms with van der Waals surface area (Å²) in [6, 6.07) is 12.6. The summed E-state index contributed by atoms with van der Waals surface area (Å²) in [6.45, 7) is 5.04. The van der Waals surface area contributed by atoms with Crippen molar-refractivity contribution in [2.75, 3.05) is 30.9 Å². The van der Waals surface area contributed by atoms with Crippen LogP contribution in [-0.2, 0) is 14.3 Å². The monoisotopic (exact) mass is 397 g/mol. The molecular formula is C22H27N3O4. The topological polar surface area (TPSA) is 87.7 Å². The van der Waals surface area contributed by atoms with Gasteiger partial charge in [-0.1, -0.05) is 18.2 Å². The van der Waals surface area contributed by atoms with E-state index >= 15 is 0 Å². The molecule has 2 aromatic carbocycles. The Morgan fingerprint density at radius 1 is 1.00 bits per heavy atom. The first-order chi connectivity index (χ1) is 13.7. The maximum atomic E-state index is 12.2. The number of para-hydroxylation sites is 1. The third-order valence-corrected chi connectivity index (χ3v) is 4.44. The van der Waals surface area contributed by atoms with Gasteiger partial charge in [0.15, 0.2) is 6.10 Å². The molecule has 2 aromatic rings. The van der Waals surface area contributed by atoms with Gasteiger partial charge in [0.25, 0.3) is 5.91 Å². The smallest absolute Gasteiger partial charge is 0.338 e. The van der Waals surface area contributed by atoms with Crippen molar-refractivity contribution in [3.63, 3.8) is 0 Å². The fourth-order valence-electron chi connectivity index (χ4n) is 2.68. The molecule has 29 heavy (non-hydrogen) atoms. The summed E-state index contributed by atoms with van der Waals surface area (Å²) in [7, 11) is 3.80. The Balaban J connectivity index is 1.85. The number of aryl methyl sites for hydroxylation is 2. The van der Waals surface area contributed by atoms with E-state index in [0.717, 1.165) is 22.5 Å². The molecule has 0 aromatic heterocycles. The SMILES string of the molecule is Cc1cccc(C)c1NC(=O)CNC(=O)C(C)OC(=O)c1ccc(N(C)C)cc1. The van der Waals surface area contributed by atoms with Gasteiger partial charge in [0.2, 0.25) is 5.91 Å². The number of carbonyl (C=O) groups is 3. The zero-order valence-electron chi connectivity index (χ0n) is 17.4. The summed E-state index contributed by atoms with van der Waals surface area (Å²) in [5.74, 6) is -1.49. The fraction of sp³-hybridized carbons (Fsp3) is 0.318. The number of nitrogens with one attached hydrogen (secondary N) is 2. The van der Waals surface area contributed by atoms with Gasteiger partial charge in [-0.15, -0.1) is 0 Å². The molecule has 0 spiro atoms. The van der Waals surface area contributed by atoms with Crippen LogP contribution in [0.1, 0.15) is 28.4 Å². The van der Waals surface area contributed by atoms with Crippen molar-refractivity contribution in [1.29, 1.82) is 0 Å². The van der Waals surface area contributed by atoms with Crippen LogP contribution >= 0.6 is 0 Å². The Morgan fingerprint density at radius 2 is 1.59 bits per heavy atom. The molecule has 0 fully saturated rings. The maximum Gasteiger partial charge on any atom is 0.338 e. The second kappa shape index (κ2) is 9.73. The minimum atomic E-state index is -1.02. The van der Waals surface area contributed by atoms with Gasteiger partial charge >= 0.3 is 5.97 Å². The van der Waals surface area contributed by atoms with Crippen LogP contribution in [0.2, 0.25) is 0 Å². The van der Waals surface area contributed by atoms with Crippen LogP contribution in [-0.4, -0.2) is 44.5 Å². The zero-order valence-corrected chi connectivity index (χ0v) is 17.4. The molecule has 1 unspecified atom stereocenters. The lowest BCUT2D eigenvalue weighted by molar-refractivity contribution is -0.130. The molecule has 0 aliphatic rings. The number of anilines is 2. The number of hydrogen-bond acceptors (Lipinski definition) is 5. The second-order valence-electron chi connectivity index (χ2n) is 7.02. The molecule has 0 saturated heterocycles. The van der Waals surface area contributed by atoms with Gasteiger partial charge in [-0.3, -0.25) is 9.59 Å². The molecule has 0 heterocycles. The molecule has 2 amide bonds. The van der Waals surface area contributed by atoms with E-state index in [4.69, 9.17) is 4.74 Å². The number of rotatable bonds is 7. The first-order valence-electron chi connectivity index (χ1n) is 9.31. The molecule has 2 rings (SSSR count). The van der Waals surface area contributed by atoms with Gasteiger partial charge in [0, 0.05) is 25.5 Å². The van der Waals surface area contributed by atoms with Gasteiger partial charge in [-0.25, -0.2) is 4.79 Å². The van der Waals surface area contributed by atoms with Crippen molar-refractivity contribution in [3.05, 3.63) is 59.2 Å². The van der Waals surface area contributed by atoms with Gasteiger partial charge in [0.05, 0.1) is 12.1 Å². The molecule has 2 N–H and O–H groups in total. The van der Waals surface area contributed by atoms with Gasteiger partial charge in [0.1, 0.15) is 0 Å². The summed E-state index contributed by atoms with van der Waals surface area (Å²) in [5, 5.41) is 5.28. The Kier molecular flexibility index (Phi) is 7.36. The van der Waals surface area contributed by atoms with Crippen LogP contribution in [0.3, 0.4) is 0 Å². The van der Waals surface area contributed by atoms with E-state index in [0.29, 0.717) is 5.56 Å². The molecule has 0 saturated carbocycles. The van der Waals surface area contributed by atoms with E-state index in [1.807, 2.05) is 51.0 Å². The van der Waals surface area contributed by atoms with E-state index < -0.39 is 18.0 Å². The van der Waals surface area contributed by atoms with Crippen LogP contribution in [0.4, 0.5) is 11.4 Å². The van der Waals surface area contributed by atoms with Crippen molar-refractivity contribution in [2.24, 2.45) is 0 Å². The highest BCUT2D eigenvalue weighted by molar-refractivity contribution is 5.97. The minimum absolute atomic E-state index is 0.216. The molecule has 7 nitrogen and oxygen atoms in total. The third-order valence-electron chi connectivity index (χ3n) is 4.44. The quantitative estimate of drug-likeness (QED) is 0.702. The normalized spacial score (nSPS) is 11.3. The summed E-state index contributed by atoms with van der Waals surface area (Å²) < 4.78 is 5.19.